The molecule has 1 aliphatic rings. The minimum Gasteiger partial charge on any atom is -0.486 e. The fraction of sp³-hybridized carbons (Fsp3) is 0.350. The molecule has 0 aromatic heterocycles. The Hall–Kier alpha value is -2.99. The lowest BCUT2D eigenvalue weighted by Gasteiger charge is -2.29. The van der Waals surface area contributed by atoms with Crippen LogP contribution in [0.2, 0.25) is 0 Å². The zero-order chi connectivity index (χ0) is 23.4. The average molecular weight is 474 g/mol. The number of nitrogens with zero attached hydrogens (tertiary/aromatic N) is 1. The van der Waals surface area contributed by atoms with Crippen molar-refractivity contribution in [3.63, 3.8) is 0 Å². The number of benzene rings is 2. The molecule has 8 nitrogen and oxygen atoms in total. The number of rotatable bonds is 8. The molecule has 0 radical (unpaired) electrons. The molecule has 12 heteroatoms. The quantitative estimate of drug-likeness (QED) is 0.632. The van der Waals surface area contributed by atoms with Crippen molar-refractivity contribution in [3.05, 3.63) is 48.5 Å². The number of amides is 1. The molecular formula is C20H21F3N2O6S. The predicted octanol–water partition coefficient (Wildman–Crippen LogP) is 2.55. The van der Waals surface area contributed by atoms with Gasteiger partial charge in [0.15, 0.2) is 17.6 Å². The molecule has 174 valence electrons. The predicted molar refractivity (Wildman–Crippen MR) is 107 cm³/mol. The van der Waals surface area contributed by atoms with Crippen LogP contribution in [0, 0.1) is 0 Å². The van der Waals surface area contributed by atoms with Gasteiger partial charge in [-0.3, -0.25) is 4.79 Å². The first kappa shape index (κ1) is 23.7. The van der Waals surface area contributed by atoms with Crippen molar-refractivity contribution in [2.75, 3.05) is 26.7 Å². The molecule has 2 aromatic carbocycles. The van der Waals surface area contributed by atoms with Crippen LogP contribution in [0.25, 0.3) is 0 Å². The molecular weight excluding hydrogens is 453 g/mol. The van der Waals surface area contributed by atoms with Crippen molar-refractivity contribution in [3.8, 4) is 17.2 Å². The normalized spacial score (nSPS) is 15.8. The Morgan fingerprint density at radius 3 is 2.47 bits per heavy atom. The zero-order valence-electron chi connectivity index (χ0n) is 17.0. The van der Waals surface area contributed by atoms with Gasteiger partial charge in [0.25, 0.3) is 0 Å². The maximum Gasteiger partial charge on any atom is 0.573 e. The van der Waals surface area contributed by atoms with Crippen LogP contribution in [-0.4, -0.2) is 58.4 Å². The Balaban J connectivity index is 1.46. The Labute approximate surface area is 182 Å². The fourth-order valence-electron chi connectivity index (χ4n) is 2.95. The largest absolute Gasteiger partial charge is 0.573 e. The lowest BCUT2D eigenvalue weighted by Crippen LogP contribution is -2.42. The first-order chi connectivity index (χ1) is 15.0. The summed E-state index contributed by atoms with van der Waals surface area (Å²) >= 11 is 0. The summed E-state index contributed by atoms with van der Waals surface area (Å²) in [4.78, 5) is 13.5. The maximum absolute atomic E-state index is 12.3. The molecule has 0 fully saturated rings. The van der Waals surface area contributed by atoms with Gasteiger partial charge in [-0.05, 0) is 36.4 Å². The van der Waals surface area contributed by atoms with Crippen LogP contribution in [-0.2, 0) is 14.8 Å². The van der Waals surface area contributed by atoms with Gasteiger partial charge in [-0.25, -0.2) is 13.1 Å². The number of fused-ring (bicyclic) bond motifs is 1. The summed E-state index contributed by atoms with van der Waals surface area (Å²) < 4.78 is 78.5. The van der Waals surface area contributed by atoms with E-state index >= 15 is 0 Å². The lowest BCUT2D eigenvalue weighted by atomic mass is 10.2. The molecule has 1 amide bonds. The molecule has 0 spiro atoms. The van der Waals surface area contributed by atoms with E-state index in [4.69, 9.17) is 9.47 Å². The summed E-state index contributed by atoms with van der Waals surface area (Å²) in [5.41, 5.74) is 0. The first-order valence-electron chi connectivity index (χ1n) is 9.51. The number of halogens is 3. The van der Waals surface area contributed by atoms with Crippen LogP contribution in [0.3, 0.4) is 0 Å². The van der Waals surface area contributed by atoms with Gasteiger partial charge < -0.3 is 19.1 Å². The summed E-state index contributed by atoms with van der Waals surface area (Å²) in [6, 6.07) is 10.9. The van der Waals surface area contributed by atoms with Gasteiger partial charge in [0.05, 0.1) is 11.4 Å². The van der Waals surface area contributed by atoms with Crippen molar-refractivity contribution in [1.82, 2.24) is 9.62 Å². The molecule has 1 atom stereocenters. The standard InChI is InChI=1S/C20H21F3N2O6S/c1-25(12-15-13-29-17-4-2-3-5-18(17)30-15)19(26)10-11-24-32(27,28)16-8-6-14(7-9-16)31-20(21,22)23/h2-9,15,24H,10-13H2,1H3/t15-/m1/s1. The van der Waals surface area contributed by atoms with Crippen LogP contribution >= 0.6 is 0 Å². The van der Waals surface area contributed by atoms with E-state index in [1.54, 1.807) is 19.2 Å². The molecule has 0 aliphatic carbocycles. The van der Waals surface area contributed by atoms with Crippen LogP contribution in [0.4, 0.5) is 13.2 Å². The summed E-state index contributed by atoms with van der Waals surface area (Å²) in [5, 5.41) is 0. The molecule has 1 heterocycles. The van der Waals surface area contributed by atoms with Crippen molar-refractivity contribution < 1.29 is 40.6 Å². The number of carbonyl (C=O) groups excluding carboxylic acids is 1. The Morgan fingerprint density at radius 2 is 1.81 bits per heavy atom. The zero-order valence-corrected chi connectivity index (χ0v) is 17.8. The smallest absolute Gasteiger partial charge is 0.486 e. The third-order valence-electron chi connectivity index (χ3n) is 4.47. The number of nitrogens with one attached hydrogen (secondary N) is 1. The van der Waals surface area contributed by atoms with E-state index in [2.05, 4.69) is 9.46 Å². The van der Waals surface area contributed by atoms with E-state index < -0.39 is 22.1 Å². The summed E-state index contributed by atoms with van der Waals surface area (Å²) in [6.45, 7) is 0.340. The molecule has 1 aliphatic heterocycles. The SMILES string of the molecule is CN(C[C@@H]1COc2ccccc2O1)C(=O)CCNS(=O)(=O)c1ccc(OC(F)(F)F)cc1. The number of hydrogen-bond donors (Lipinski definition) is 1. The highest BCUT2D eigenvalue weighted by Crippen LogP contribution is 2.31. The van der Waals surface area contributed by atoms with Gasteiger partial charge in [-0.2, -0.15) is 0 Å². The second kappa shape index (κ2) is 9.65. The number of para-hydroxylation sites is 2. The maximum atomic E-state index is 12.3. The fourth-order valence-corrected chi connectivity index (χ4v) is 3.98. The van der Waals surface area contributed by atoms with Crippen molar-refractivity contribution >= 4 is 15.9 Å². The topological polar surface area (TPSA) is 94.2 Å². The minimum atomic E-state index is -4.87. The summed E-state index contributed by atoms with van der Waals surface area (Å²) in [7, 11) is -2.44. The number of hydrogen-bond acceptors (Lipinski definition) is 6. The van der Waals surface area contributed by atoms with Gasteiger partial charge in [0.2, 0.25) is 15.9 Å². The van der Waals surface area contributed by atoms with E-state index in [-0.39, 0.29) is 43.0 Å². The minimum absolute atomic E-state index is 0.116. The van der Waals surface area contributed by atoms with Gasteiger partial charge >= 0.3 is 6.36 Å². The number of likely N-dealkylation sites (N-methyl/N-ethyl adjacent to an activating group) is 1. The third-order valence-corrected chi connectivity index (χ3v) is 5.95. The molecule has 0 saturated heterocycles. The molecule has 32 heavy (non-hydrogen) atoms. The van der Waals surface area contributed by atoms with E-state index in [0.717, 1.165) is 24.3 Å². The molecule has 1 N–H and O–H groups in total. The van der Waals surface area contributed by atoms with Crippen LogP contribution in [0.5, 0.6) is 17.2 Å². The highest BCUT2D eigenvalue weighted by Gasteiger charge is 2.31. The van der Waals surface area contributed by atoms with E-state index in [1.165, 1.54) is 4.90 Å². The molecule has 2 aromatic rings. The number of ether oxygens (including phenoxy) is 3. The molecule has 0 saturated carbocycles. The summed E-state index contributed by atoms with van der Waals surface area (Å²) in [5.74, 6) is 0.364. The second-order valence-corrected chi connectivity index (χ2v) is 8.71. The van der Waals surface area contributed by atoms with Gasteiger partial charge in [0, 0.05) is 20.0 Å². The van der Waals surface area contributed by atoms with Gasteiger partial charge in [0.1, 0.15) is 12.4 Å². The molecule has 3 rings (SSSR count). The van der Waals surface area contributed by atoms with Crippen molar-refractivity contribution in [2.24, 2.45) is 0 Å². The van der Waals surface area contributed by atoms with Crippen molar-refractivity contribution in [2.45, 2.75) is 23.8 Å². The molecule has 0 unspecified atom stereocenters. The summed E-state index contributed by atoms with van der Waals surface area (Å²) in [6.07, 6.45) is -5.36. The van der Waals surface area contributed by atoms with Crippen molar-refractivity contribution in [1.29, 1.82) is 0 Å². The monoisotopic (exact) mass is 474 g/mol. The Bertz CT molecular complexity index is 1040. The van der Waals surface area contributed by atoms with E-state index in [1.807, 2.05) is 12.1 Å². The van der Waals surface area contributed by atoms with Crippen LogP contribution in [0.15, 0.2) is 53.4 Å². The van der Waals surface area contributed by atoms with Gasteiger partial charge in [-0.1, -0.05) is 12.1 Å². The highest BCUT2D eigenvalue weighted by atomic mass is 32.2. The number of carbonyl (C=O) groups is 1. The van der Waals surface area contributed by atoms with E-state index in [0.29, 0.717) is 11.5 Å². The molecule has 0 bridgehead atoms. The van der Waals surface area contributed by atoms with Crippen LogP contribution in [0.1, 0.15) is 6.42 Å². The first-order valence-corrected chi connectivity index (χ1v) is 11.0. The van der Waals surface area contributed by atoms with Gasteiger partial charge in [-0.15, -0.1) is 13.2 Å². The Morgan fingerprint density at radius 1 is 1.16 bits per heavy atom. The van der Waals surface area contributed by atoms with E-state index in [9.17, 15) is 26.4 Å². The number of sulfonamides is 1. The average Bonchev–Trinajstić information content (AvgIpc) is 2.72. The lowest BCUT2D eigenvalue weighted by molar-refractivity contribution is -0.274. The number of alkyl halides is 3. The third kappa shape index (κ3) is 6.50. The Kier molecular flexibility index (Phi) is 7.14. The highest BCUT2D eigenvalue weighted by molar-refractivity contribution is 7.89. The second-order valence-electron chi connectivity index (χ2n) is 6.94. The van der Waals surface area contributed by atoms with Crippen LogP contribution < -0.4 is 18.9 Å².